The Labute approximate surface area is 109 Å². The molecule has 104 valence electrons. The number of nitrogens with two attached hydrogens (primary N) is 1. The second kappa shape index (κ2) is 6.08. The van der Waals surface area contributed by atoms with Crippen LogP contribution in [0.15, 0.2) is 18.2 Å². The number of hydrogen-bond acceptors (Lipinski definition) is 3. The number of amides is 1. The predicted octanol–water partition coefficient (Wildman–Crippen LogP) is 1.09. The molecule has 1 heterocycles. The summed E-state index contributed by atoms with van der Waals surface area (Å²) < 4.78 is 31.3. The minimum Gasteiger partial charge on any atom is -0.364 e. The van der Waals surface area contributed by atoms with Crippen LogP contribution in [0.25, 0.3) is 0 Å². The molecule has 0 spiro atoms. The van der Waals surface area contributed by atoms with Crippen LogP contribution in [-0.4, -0.2) is 24.7 Å². The molecule has 4 nitrogen and oxygen atoms in total. The van der Waals surface area contributed by atoms with Crippen LogP contribution in [0, 0.1) is 11.6 Å². The van der Waals surface area contributed by atoms with Gasteiger partial charge < -0.3 is 15.8 Å². The van der Waals surface area contributed by atoms with Crippen molar-refractivity contribution in [1.29, 1.82) is 0 Å². The summed E-state index contributed by atoms with van der Waals surface area (Å²) in [6.45, 7) is 0.458. The molecule has 3 N–H and O–H groups in total. The summed E-state index contributed by atoms with van der Waals surface area (Å²) >= 11 is 0. The summed E-state index contributed by atoms with van der Waals surface area (Å²) in [5.41, 5.74) is 5.83. The van der Waals surface area contributed by atoms with Gasteiger partial charge in [0.2, 0.25) is 5.91 Å². The number of carbonyl (C=O) groups excluding carboxylic acids is 1. The average molecular weight is 270 g/mol. The Kier molecular flexibility index (Phi) is 4.44. The van der Waals surface area contributed by atoms with Gasteiger partial charge in [-0.15, -0.1) is 0 Å². The number of benzene rings is 1. The maximum absolute atomic E-state index is 13.0. The first-order valence-electron chi connectivity index (χ1n) is 6.16. The lowest BCUT2D eigenvalue weighted by atomic mass is 10.1. The molecule has 1 aliphatic rings. The van der Waals surface area contributed by atoms with Gasteiger partial charge in [-0.05, 0) is 30.5 Å². The van der Waals surface area contributed by atoms with E-state index in [1.54, 1.807) is 0 Å². The standard InChI is InChI=1S/C13H16F2N2O2/c14-9-3-8(4-10(15)5-9)7-17-13(18)12-2-1-11(6-16)19-12/h3-5,11-12H,1-2,6-7,16H2,(H,17,18)/t11-,12+/m1/s1. The van der Waals surface area contributed by atoms with E-state index >= 15 is 0 Å². The van der Waals surface area contributed by atoms with Gasteiger partial charge in [0.05, 0.1) is 6.10 Å². The zero-order chi connectivity index (χ0) is 13.8. The summed E-state index contributed by atoms with van der Waals surface area (Å²) in [5.74, 6) is -1.60. The van der Waals surface area contributed by atoms with E-state index in [1.165, 1.54) is 12.1 Å². The van der Waals surface area contributed by atoms with E-state index < -0.39 is 17.7 Å². The highest BCUT2D eigenvalue weighted by Crippen LogP contribution is 2.19. The lowest BCUT2D eigenvalue weighted by Gasteiger charge is -2.12. The molecule has 1 aromatic rings. The summed E-state index contributed by atoms with van der Waals surface area (Å²) in [4.78, 5) is 11.8. The highest BCUT2D eigenvalue weighted by Gasteiger charge is 2.29. The van der Waals surface area contributed by atoms with Gasteiger partial charge in [-0.25, -0.2) is 8.78 Å². The van der Waals surface area contributed by atoms with Crippen LogP contribution in [0.5, 0.6) is 0 Å². The topological polar surface area (TPSA) is 64.4 Å². The van der Waals surface area contributed by atoms with Gasteiger partial charge >= 0.3 is 0 Å². The maximum Gasteiger partial charge on any atom is 0.249 e. The quantitative estimate of drug-likeness (QED) is 0.860. The molecule has 0 saturated carbocycles. The Bertz CT molecular complexity index is 448. The van der Waals surface area contributed by atoms with E-state index in [9.17, 15) is 13.6 Å². The number of carbonyl (C=O) groups is 1. The molecule has 1 amide bonds. The van der Waals surface area contributed by atoms with Crippen molar-refractivity contribution in [3.63, 3.8) is 0 Å². The molecule has 1 aromatic carbocycles. The maximum atomic E-state index is 13.0. The zero-order valence-electron chi connectivity index (χ0n) is 10.4. The number of hydrogen-bond donors (Lipinski definition) is 2. The summed E-state index contributed by atoms with van der Waals surface area (Å²) in [6.07, 6.45) is 0.767. The van der Waals surface area contributed by atoms with Crippen molar-refractivity contribution in [2.45, 2.75) is 31.6 Å². The third kappa shape index (κ3) is 3.71. The molecule has 1 aliphatic heterocycles. The Hall–Kier alpha value is -1.53. The van der Waals surface area contributed by atoms with Crippen LogP contribution in [0.3, 0.4) is 0 Å². The fourth-order valence-electron chi connectivity index (χ4n) is 2.09. The van der Waals surface area contributed by atoms with E-state index in [0.29, 0.717) is 18.5 Å². The van der Waals surface area contributed by atoms with Crippen LogP contribution in [-0.2, 0) is 16.1 Å². The van der Waals surface area contributed by atoms with Crippen LogP contribution < -0.4 is 11.1 Å². The first kappa shape index (κ1) is 13.9. The van der Waals surface area contributed by atoms with E-state index in [4.69, 9.17) is 10.5 Å². The molecule has 19 heavy (non-hydrogen) atoms. The Morgan fingerprint density at radius 2 is 2.00 bits per heavy atom. The summed E-state index contributed by atoms with van der Waals surface area (Å²) in [7, 11) is 0. The SMILES string of the molecule is NC[C@H]1CC[C@@H](C(=O)NCc2cc(F)cc(F)c2)O1. The van der Waals surface area contributed by atoms with Crippen molar-refractivity contribution >= 4 is 5.91 Å². The Morgan fingerprint density at radius 1 is 1.32 bits per heavy atom. The largest absolute Gasteiger partial charge is 0.364 e. The molecule has 1 fully saturated rings. The minimum atomic E-state index is -0.662. The molecule has 6 heteroatoms. The van der Waals surface area contributed by atoms with E-state index in [2.05, 4.69) is 5.32 Å². The third-order valence-electron chi connectivity index (χ3n) is 3.05. The molecule has 0 aliphatic carbocycles. The van der Waals surface area contributed by atoms with Gasteiger partial charge in [0.25, 0.3) is 0 Å². The number of ether oxygens (including phenoxy) is 1. The van der Waals surface area contributed by atoms with Gasteiger partial charge in [-0.3, -0.25) is 4.79 Å². The van der Waals surface area contributed by atoms with Gasteiger partial charge in [0.15, 0.2) is 0 Å². The van der Waals surface area contributed by atoms with E-state index in [0.717, 1.165) is 12.5 Å². The van der Waals surface area contributed by atoms with Gasteiger partial charge in [-0.1, -0.05) is 0 Å². The Morgan fingerprint density at radius 3 is 2.58 bits per heavy atom. The van der Waals surface area contributed by atoms with Crippen molar-refractivity contribution in [3.8, 4) is 0 Å². The van der Waals surface area contributed by atoms with Crippen LogP contribution in [0.2, 0.25) is 0 Å². The van der Waals surface area contributed by atoms with Crippen molar-refractivity contribution in [2.24, 2.45) is 5.73 Å². The zero-order valence-corrected chi connectivity index (χ0v) is 10.4. The smallest absolute Gasteiger partial charge is 0.249 e. The fraction of sp³-hybridized carbons (Fsp3) is 0.462. The highest BCUT2D eigenvalue weighted by molar-refractivity contribution is 5.81. The van der Waals surface area contributed by atoms with Gasteiger partial charge in [0.1, 0.15) is 17.7 Å². The lowest BCUT2D eigenvalue weighted by Crippen LogP contribution is -2.35. The minimum absolute atomic E-state index is 0.0701. The van der Waals surface area contributed by atoms with Crippen molar-refractivity contribution in [2.75, 3.05) is 6.54 Å². The van der Waals surface area contributed by atoms with Gasteiger partial charge in [0, 0.05) is 19.2 Å². The molecule has 0 aromatic heterocycles. The molecular weight excluding hydrogens is 254 g/mol. The summed E-state index contributed by atoms with van der Waals surface area (Å²) in [6, 6.07) is 3.15. The molecule has 2 rings (SSSR count). The lowest BCUT2D eigenvalue weighted by molar-refractivity contribution is -0.132. The number of halogens is 2. The normalized spacial score (nSPS) is 22.5. The van der Waals surface area contributed by atoms with Crippen LogP contribution in [0.4, 0.5) is 8.78 Å². The predicted molar refractivity (Wildman–Crippen MR) is 65.2 cm³/mol. The van der Waals surface area contributed by atoms with E-state index in [-0.39, 0.29) is 18.6 Å². The van der Waals surface area contributed by atoms with E-state index in [1.807, 2.05) is 0 Å². The highest BCUT2D eigenvalue weighted by atomic mass is 19.1. The number of rotatable bonds is 4. The van der Waals surface area contributed by atoms with Gasteiger partial charge in [-0.2, -0.15) is 0 Å². The molecule has 0 radical (unpaired) electrons. The first-order chi connectivity index (χ1) is 9.08. The monoisotopic (exact) mass is 270 g/mol. The fourth-order valence-corrected chi connectivity index (χ4v) is 2.09. The van der Waals surface area contributed by atoms with Crippen LogP contribution >= 0.6 is 0 Å². The molecule has 0 bridgehead atoms. The average Bonchev–Trinajstić information content (AvgIpc) is 2.83. The molecule has 1 saturated heterocycles. The molecular formula is C13H16F2N2O2. The second-order valence-electron chi connectivity index (χ2n) is 4.56. The van der Waals surface area contributed by atoms with Crippen molar-refractivity contribution in [1.82, 2.24) is 5.32 Å². The molecule has 0 unspecified atom stereocenters. The molecule has 2 atom stereocenters. The number of nitrogens with one attached hydrogen (secondary N) is 1. The Balaban J connectivity index is 1.86. The second-order valence-corrected chi connectivity index (χ2v) is 4.56. The first-order valence-corrected chi connectivity index (χ1v) is 6.16. The summed E-state index contributed by atoms with van der Waals surface area (Å²) in [5, 5.41) is 2.60. The van der Waals surface area contributed by atoms with Crippen molar-refractivity contribution in [3.05, 3.63) is 35.4 Å². The third-order valence-corrected chi connectivity index (χ3v) is 3.05. The van der Waals surface area contributed by atoms with Crippen LogP contribution in [0.1, 0.15) is 18.4 Å². The van der Waals surface area contributed by atoms with Crippen molar-refractivity contribution < 1.29 is 18.3 Å².